The van der Waals surface area contributed by atoms with Gasteiger partial charge in [-0.05, 0) is 31.1 Å². The van der Waals surface area contributed by atoms with Gasteiger partial charge in [0, 0.05) is 31.6 Å². The Bertz CT molecular complexity index is 1670. The summed E-state index contributed by atoms with van der Waals surface area (Å²) >= 11 is 1.08. The summed E-state index contributed by atoms with van der Waals surface area (Å²) in [6, 6.07) is 0. The molecule has 1 aromatic heterocycles. The van der Waals surface area contributed by atoms with Crippen molar-refractivity contribution in [3.63, 3.8) is 0 Å². The second-order valence-corrected chi connectivity index (χ2v) is 19.1. The lowest BCUT2D eigenvalue weighted by Gasteiger charge is -2.46. The van der Waals surface area contributed by atoms with Gasteiger partial charge in [-0.2, -0.15) is 0 Å². The molecule has 2 aliphatic heterocycles. The van der Waals surface area contributed by atoms with Crippen LogP contribution in [0.2, 0.25) is 0 Å². The lowest BCUT2D eigenvalue weighted by molar-refractivity contribution is -0.338. The lowest BCUT2D eigenvalue weighted by atomic mass is 9.97. The zero-order chi connectivity index (χ0) is 51.3. The largest absolute Gasteiger partial charge is 0.394 e. The van der Waals surface area contributed by atoms with E-state index in [2.05, 4.69) is 51.6 Å². The van der Waals surface area contributed by atoms with E-state index in [0.29, 0.717) is 45.0 Å². The maximum Gasteiger partial charge on any atom is 0.246 e. The molecule has 2 aliphatic rings. The van der Waals surface area contributed by atoms with Crippen molar-refractivity contribution >= 4 is 23.6 Å². The smallest absolute Gasteiger partial charge is 0.246 e. The van der Waals surface area contributed by atoms with E-state index >= 15 is 0 Å². The average Bonchev–Trinajstić information content (AvgIpc) is 3.83. The highest BCUT2D eigenvalue weighted by Gasteiger charge is 2.50. The van der Waals surface area contributed by atoms with Crippen molar-refractivity contribution in [3.05, 3.63) is 11.9 Å². The van der Waals surface area contributed by atoms with Crippen LogP contribution >= 0.6 is 11.8 Å². The minimum Gasteiger partial charge on any atom is -0.394 e. The number of amides is 2. The van der Waals surface area contributed by atoms with Gasteiger partial charge in [-0.3, -0.25) is 9.59 Å². The number of ether oxygens (including phenoxy) is 6. The Kier molecular flexibility index (Phi) is 34.7. The Hall–Kier alpha value is -2.97. The second kappa shape index (κ2) is 39.5. The van der Waals surface area contributed by atoms with Crippen LogP contribution < -0.4 is 10.6 Å². The summed E-state index contributed by atoms with van der Waals surface area (Å²) in [5.74, 6) is 12.3. The number of rotatable bonds is 39. The molecule has 406 valence electrons. The van der Waals surface area contributed by atoms with E-state index in [-0.39, 0.29) is 43.9 Å². The average molecular weight is 1030 g/mol. The van der Waals surface area contributed by atoms with E-state index in [4.69, 9.17) is 28.4 Å². The molecule has 0 radical (unpaired) electrons. The number of carbonyl (C=O) groups excluding carboxylic acids is 2. The summed E-state index contributed by atoms with van der Waals surface area (Å²) in [5, 5.41) is 84.9. The van der Waals surface area contributed by atoms with E-state index in [0.717, 1.165) is 63.1 Å². The summed E-state index contributed by atoms with van der Waals surface area (Å²) in [4.78, 5) is 24.5. The standard InChI is InChI=1S/C50H85N5O15S/c1-2-3-4-5-6-7-8-9-10-11-12-13-14-15-16-17-18-19-20-21-22-23-24-41(58)52-33-38-34-55(54-53-38)26-27-65-28-29-66-30-31-67-37-42(59)51-25-32-71-50-47(64)45(62)48(40(36-57)69-50)70-49-46(63)44(61)43(60)39(35-56)68-49/h34,39-40,43-50,56-57,60-64H,2-12,17-33,35-37H2,1H3,(H,51,59)(H,52,58)/t39-,40-,43+,44+,45-,46-,47-,48-,49+,50+/m1/s1. The van der Waals surface area contributed by atoms with Gasteiger partial charge >= 0.3 is 0 Å². The summed E-state index contributed by atoms with van der Waals surface area (Å²) in [6.45, 7) is 3.22. The first-order chi connectivity index (χ1) is 34.6. The predicted molar refractivity (Wildman–Crippen MR) is 265 cm³/mol. The van der Waals surface area contributed by atoms with Gasteiger partial charge in [-0.15, -0.1) is 16.9 Å². The lowest BCUT2D eigenvalue weighted by Crippen LogP contribution is -2.64. The molecule has 0 aromatic carbocycles. The number of aromatic nitrogens is 3. The highest BCUT2D eigenvalue weighted by molar-refractivity contribution is 7.99. The highest BCUT2D eigenvalue weighted by Crippen LogP contribution is 2.32. The van der Waals surface area contributed by atoms with Gasteiger partial charge in [0.15, 0.2) is 6.29 Å². The van der Waals surface area contributed by atoms with Crippen LogP contribution in [-0.2, 0) is 51.1 Å². The minimum atomic E-state index is -1.75. The van der Waals surface area contributed by atoms with Gasteiger partial charge < -0.3 is 74.8 Å². The first-order valence-corrected chi connectivity index (χ1v) is 27.0. The molecule has 2 amide bonds. The van der Waals surface area contributed by atoms with E-state index < -0.39 is 73.8 Å². The van der Waals surface area contributed by atoms with Gasteiger partial charge in [0.25, 0.3) is 0 Å². The van der Waals surface area contributed by atoms with Crippen LogP contribution in [0, 0.1) is 23.7 Å². The molecular formula is C50H85N5O15S. The zero-order valence-corrected chi connectivity index (χ0v) is 42.7. The van der Waals surface area contributed by atoms with Crippen molar-refractivity contribution in [2.45, 2.75) is 203 Å². The van der Waals surface area contributed by atoms with E-state index in [1.807, 2.05) is 0 Å². The van der Waals surface area contributed by atoms with Crippen LogP contribution in [0.1, 0.15) is 135 Å². The SMILES string of the molecule is CCCCCCCCCCCCC#CC#CCCCCCCCCC(=O)NCc1cn(CCOCCOCCOCC(=O)NCCS[C@@H]2O[C@H](CO)[C@@H](O[C@@H]3O[C@H](CO)[C@H](O)[C@H](O)[C@H]3O)[C@H](O)[C@H]2O)nn1. The molecule has 0 spiro atoms. The molecule has 0 bridgehead atoms. The Balaban J connectivity index is 1.08. The van der Waals surface area contributed by atoms with Crippen molar-refractivity contribution in [1.82, 2.24) is 25.6 Å². The van der Waals surface area contributed by atoms with E-state index in [9.17, 15) is 45.3 Å². The van der Waals surface area contributed by atoms with Crippen molar-refractivity contribution in [3.8, 4) is 23.7 Å². The van der Waals surface area contributed by atoms with Crippen LogP contribution in [0.25, 0.3) is 0 Å². The van der Waals surface area contributed by atoms with Crippen molar-refractivity contribution in [2.75, 3.05) is 65.2 Å². The molecule has 20 nitrogen and oxygen atoms in total. The van der Waals surface area contributed by atoms with Gasteiger partial charge in [0.1, 0.15) is 66.6 Å². The normalized spacial score (nSPS) is 24.2. The fourth-order valence-electron chi connectivity index (χ4n) is 7.80. The number of unbranched alkanes of at least 4 members (excludes halogenated alkanes) is 16. The number of aliphatic hydroxyl groups is 7. The molecule has 21 heteroatoms. The first kappa shape index (κ1) is 62.3. The van der Waals surface area contributed by atoms with E-state index in [1.165, 1.54) is 64.2 Å². The van der Waals surface area contributed by atoms with Crippen LogP contribution in [-0.4, -0.2) is 188 Å². The Morgan fingerprint density at radius 2 is 1.27 bits per heavy atom. The maximum atomic E-state index is 12.3. The quantitative estimate of drug-likeness (QED) is 0.0336. The zero-order valence-electron chi connectivity index (χ0n) is 41.9. The maximum absolute atomic E-state index is 12.3. The molecule has 0 aliphatic carbocycles. The molecule has 1 aromatic rings. The molecular weight excluding hydrogens is 943 g/mol. The highest BCUT2D eigenvalue weighted by atomic mass is 32.2. The Morgan fingerprint density at radius 1 is 0.676 bits per heavy atom. The van der Waals surface area contributed by atoms with E-state index in [1.54, 1.807) is 10.9 Å². The molecule has 0 unspecified atom stereocenters. The third-order valence-electron chi connectivity index (χ3n) is 12.0. The number of hydrogen-bond donors (Lipinski definition) is 9. The molecule has 3 rings (SSSR count). The van der Waals surface area contributed by atoms with Crippen LogP contribution in [0.3, 0.4) is 0 Å². The molecule has 71 heavy (non-hydrogen) atoms. The number of hydrogen-bond acceptors (Lipinski definition) is 18. The number of aliphatic hydroxyl groups excluding tert-OH is 7. The molecule has 9 N–H and O–H groups in total. The summed E-state index contributed by atoms with van der Waals surface area (Å²) in [6.07, 6.45) is 10.2. The molecule has 2 fully saturated rings. The Morgan fingerprint density at radius 3 is 1.90 bits per heavy atom. The number of nitrogens with one attached hydrogen (secondary N) is 2. The molecule has 0 saturated carbocycles. The third kappa shape index (κ3) is 26.7. The van der Waals surface area contributed by atoms with Gasteiger partial charge in [0.2, 0.25) is 11.8 Å². The van der Waals surface area contributed by atoms with Crippen LogP contribution in [0.5, 0.6) is 0 Å². The number of nitrogens with zero attached hydrogens (tertiary/aromatic N) is 3. The molecule has 2 saturated heterocycles. The summed E-state index contributed by atoms with van der Waals surface area (Å²) < 4.78 is 34.7. The fraction of sp³-hybridized carbons (Fsp3) is 0.840. The van der Waals surface area contributed by atoms with Crippen molar-refractivity contribution in [1.29, 1.82) is 0 Å². The van der Waals surface area contributed by atoms with Gasteiger partial charge in [-0.1, -0.05) is 107 Å². The van der Waals surface area contributed by atoms with Gasteiger partial charge in [-0.25, -0.2) is 4.68 Å². The first-order valence-electron chi connectivity index (χ1n) is 25.9. The topological polar surface area (TPSA) is 286 Å². The number of thioether (sulfide) groups is 1. The van der Waals surface area contributed by atoms with Crippen LogP contribution in [0.15, 0.2) is 6.20 Å². The molecule has 3 heterocycles. The molecule has 10 atom stereocenters. The monoisotopic (exact) mass is 1030 g/mol. The summed E-state index contributed by atoms with van der Waals surface area (Å²) in [5.41, 5.74) is -0.337. The van der Waals surface area contributed by atoms with Crippen molar-refractivity contribution < 1.29 is 73.8 Å². The predicted octanol–water partition coefficient (Wildman–Crippen LogP) is 1.86. The fourth-order valence-corrected chi connectivity index (χ4v) is 8.83. The number of carbonyl (C=O) groups is 2. The van der Waals surface area contributed by atoms with Gasteiger partial charge in [0.05, 0.1) is 65.5 Å². The minimum absolute atomic E-state index is 0.00621. The third-order valence-corrected chi connectivity index (χ3v) is 13.2. The van der Waals surface area contributed by atoms with Crippen molar-refractivity contribution in [2.24, 2.45) is 0 Å². The van der Waals surface area contributed by atoms with Crippen LogP contribution in [0.4, 0.5) is 0 Å². The second-order valence-electron chi connectivity index (χ2n) is 17.9. The Labute approximate surface area is 425 Å². The summed E-state index contributed by atoms with van der Waals surface area (Å²) in [7, 11) is 0.